The first-order valence-corrected chi connectivity index (χ1v) is 15.6. The average molecular weight is 615 g/mol. The molecule has 3 aromatic rings. The van der Waals surface area contributed by atoms with Gasteiger partial charge in [-0.2, -0.15) is 15.4 Å². The number of nitrogens with one attached hydrogen (secondary N) is 1. The summed E-state index contributed by atoms with van der Waals surface area (Å²) < 4.78 is 38.7. The van der Waals surface area contributed by atoms with Gasteiger partial charge < -0.3 is 29.9 Å². The molecule has 1 spiro atoms. The molecular formula is C28H35N6O8P. The van der Waals surface area contributed by atoms with Crippen LogP contribution in [0.2, 0.25) is 0 Å². The second kappa shape index (κ2) is 11.8. The van der Waals surface area contributed by atoms with Crippen molar-refractivity contribution in [3.63, 3.8) is 0 Å². The molecule has 5 N–H and O–H groups in total. The molecule has 1 aromatic carbocycles. The number of aromatic nitrogens is 3. The van der Waals surface area contributed by atoms with Gasteiger partial charge in [0.1, 0.15) is 53.6 Å². The number of nitrogen functional groups attached to an aromatic ring is 1. The molecule has 5 rings (SSSR count). The number of fused-ring (bicyclic) bond motifs is 1. The number of carbonyl (C=O) groups is 1. The van der Waals surface area contributed by atoms with Gasteiger partial charge in [0.2, 0.25) is 5.60 Å². The second-order valence-electron chi connectivity index (χ2n) is 10.8. The van der Waals surface area contributed by atoms with E-state index in [1.54, 1.807) is 36.4 Å². The van der Waals surface area contributed by atoms with E-state index in [1.807, 2.05) is 19.9 Å². The standard InChI is InChI=1S/C28H35N6O8P/c1-4-18(5-2)14-39-26(37)17(3)33-43(38,40-19-9-7-6-8-10-19)41-22-13-27(22)23(35)24(36)28(15-29,42-27)21-12-11-20-25(30)31-16-32-34(20)21/h6-12,16-18,22-24,35-36H,4-5,13-14H2,1-3H3,(H,33,38)(H2,30,31,32)/t17-,22?,23-,24+,27?,28-,43+/m0/s1. The maximum Gasteiger partial charge on any atom is 0.459 e. The normalized spacial score (nSPS) is 28.4. The van der Waals surface area contributed by atoms with Crippen LogP contribution in [0.3, 0.4) is 0 Å². The number of hydrogen-bond acceptors (Lipinski definition) is 12. The summed E-state index contributed by atoms with van der Waals surface area (Å²) in [5.41, 5.74) is 2.73. The maximum atomic E-state index is 14.1. The molecule has 15 heteroatoms. The third-order valence-electron chi connectivity index (χ3n) is 8.04. The number of aliphatic hydroxyl groups excluding tert-OH is 2. The predicted octanol–water partition coefficient (Wildman–Crippen LogP) is 2.45. The summed E-state index contributed by atoms with van der Waals surface area (Å²) in [5.74, 6) is -0.112. The van der Waals surface area contributed by atoms with Crippen molar-refractivity contribution in [2.24, 2.45) is 5.92 Å². The average Bonchev–Trinajstić information content (AvgIpc) is 3.37. The quantitative estimate of drug-likeness (QED) is 0.171. The van der Waals surface area contributed by atoms with Crippen molar-refractivity contribution in [2.45, 2.75) is 75.6 Å². The molecule has 2 aromatic heterocycles. The number of nitrogens with zero attached hydrogens (tertiary/aromatic N) is 4. The molecule has 3 heterocycles. The van der Waals surface area contributed by atoms with Crippen molar-refractivity contribution in [1.82, 2.24) is 19.7 Å². The Bertz CT molecular complexity index is 1560. The van der Waals surface area contributed by atoms with Crippen molar-refractivity contribution in [3.05, 3.63) is 54.5 Å². The highest BCUT2D eigenvalue weighted by atomic mass is 31.2. The van der Waals surface area contributed by atoms with E-state index >= 15 is 0 Å². The summed E-state index contributed by atoms with van der Waals surface area (Å²) in [6, 6.07) is 12.2. The number of carbonyl (C=O) groups excluding carboxylic acids is 1. The molecule has 1 aliphatic heterocycles. The van der Waals surface area contributed by atoms with Crippen LogP contribution in [0.1, 0.15) is 45.7 Å². The molecule has 43 heavy (non-hydrogen) atoms. The summed E-state index contributed by atoms with van der Waals surface area (Å²) in [4.78, 5) is 16.7. The van der Waals surface area contributed by atoms with E-state index in [4.69, 9.17) is 24.3 Å². The molecule has 0 radical (unpaired) electrons. The Hall–Kier alpha value is -3.57. The Morgan fingerprint density at radius 1 is 1.26 bits per heavy atom. The van der Waals surface area contributed by atoms with Gasteiger partial charge in [-0.05, 0) is 37.1 Å². The van der Waals surface area contributed by atoms with Crippen molar-refractivity contribution in [2.75, 3.05) is 12.3 Å². The monoisotopic (exact) mass is 614 g/mol. The first kappa shape index (κ1) is 30.9. The lowest BCUT2D eigenvalue weighted by Gasteiger charge is -2.25. The number of para-hydroxylation sites is 1. The van der Waals surface area contributed by atoms with E-state index in [1.165, 1.54) is 23.8 Å². The van der Waals surface area contributed by atoms with Gasteiger partial charge in [0.05, 0.1) is 12.3 Å². The number of nitriles is 1. The Balaban J connectivity index is 1.39. The van der Waals surface area contributed by atoms with Gasteiger partial charge in [0, 0.05) is 6.42 Å². The smallest absolute Gasteiger partial charge is 0.459 e. The third-order valence-corrected chi connectivity index (χ3v) is 9.73. The molecular weight excluding hydrogens is 579 g/mol. The van der Waals surface area contributed by atoms with Gasteiger partial charge >= 0.3 is 13.7 Å². The zero-order chi connectivity index (χ0) is 31.0. The molecule has 1 saturated carbocycles. The number of nitrogens with two attached hydrogens (primary N) is 1. The second-order valence-corrected chi connectivity index (χ2v) is 12.5. The molecule has 14 nitrogen and oxygen atoms in total. The summed E-state index contributed by atoms with van der Waals surface area (Å²) in [5, 5.41) is 39.4. The molecule has 0 bridgehead atoms. The van der Waals surface area contributed by atoms with E-state index in [9.17, 15) is 24.8 Å². The lowest BCUT2D eigenvalue weighted by molar-refractivity contribution is -0.146. The highest BCUT2D eigenvalue weighted by Gasteiger charge is 2.76. The number of ether oxygens (including phenoxy) is 2. The molecule has 7 atom stereocenters. The summed E-state index contributed by atoms with van der Waals surface area (Å²) in [6.07, 6.45) is -1.61. The predicted molar refractivity (Wildman–Crippen MR) is 152 cm³/mol. The van der Waals surface area contributed by atoms with E-state index in [0.29, 0.717) is 5.52 Å². The molecule has 230 valence electrons. The summed E-state index contributed by atoms with van der Waals surface area (Å²) in [6.45, 7) is 5.70. The molecule has 2 aliphatic rings. The van der Waals surface area contributed by atoms with Gasteiger partial charge in [-0.3, -0.25) is 9.32 Å². The minimum Gasteiger partial charge on any atom is -0.464 e. The zero-order valence-corrected chi connectivity index (χ0v) is 24.9. The van der Waals surface area contributed by atoms with E-state index in [2.05, 4.69) is 15.2 Å². The van der Waals surface area contributed by atoms with Crippen molar-refractivity contribution < 1.29 is 38.1 Å². The fourth-order valence-corrected chi connectivity index (χ4v) is 7.00. The Kier molecular flexibility index (Phi) is 8.50. The van der Waals surface area contributed by atoms with Crippen LogP contribution in [0.4, 0.5) is 5.82 Å². The zero-order valence-electron chi connectivity index (χ0n) is 24.0. The van der Waals surface area contributed by atoms with Crippen LogP contribution in [0, 0.1) is 17.2 Å². The molecule has 2 fully saturated rings. The van der Waals surface area contributed by atoms with Gasteiger partial charge in [0.15, 0.2) is 5.82 Å². The SMILES string of the molecule is CCC(CC)COC(=O)[C@H](C)N[P@@](=O)(Oc1ccccc1)OC1CC12O[C@@](C#N)(c1ccc3c(N)ncnn13)[C@H](O)[C@@H]2O. The van der Waals surface area contributed by atoms with E-state index in [-0.39, 0.29) is 36.2 Å². The van der Waals surface area contributed by atoms with Crippen molar-refractivity contribution in [3.8, 4) is 11.8 Å². The fourth-order valence-electron chi connectivity index (χ4n) is 5.28. The molecule has 1 aliphatic carbocycles. The highest BCUT2D eigenvalue weighted by Crippen LogP contribution is 2.62. The van der Waals surface area contributed by atoms with Crippen LogP contribution in [0.15, 0.2) is 48.8 Å². The van der Waals surface area contributed by atoms with Crippen LogP contribution >= 0.6 is 7.75 Å². The van der Waals surface area contributed by atoms with Gasteiger partial charge in [-0.1, -0.05) is 44.9 Å². The fraction of sp³-hybridized carbons (Fsp3) is 0.500. The lowest BCUT2D eigenvalue weighted by atomic mass is 9.92. The number of esters is 1. The Morgan fingerprint density at radius 2 is 1.98 bits per heavy atom. The highest BCUT2D eigenvalue weighted by molar-refractivity contribution is 7.52. The van der Waals surface area contributed by atoms with Crippen LogP contribution in [-0.2, 0) is 29.0 Å². The van der Waals surface area contributed by atoms with Crippen LogP contribution < -0.4 is 15.3 Å². The summed E-state index contributed by atoms with van der Waals surface area (Å²) in [7, 11) is -4.34. The van der Waals surface area contributed by atoms with Crippen molar-refractivity contribution in [1.29, 1.82) is 5.26 Å². The van der Waals surface area contributed by atoms with Crippen LogP contribution in [-0.4, -0.2) is 67.3 Å². The van der Waals surface area contributed by atoms with E-state index < -0.39 is 49.3 Å². The summed E-state index contributed by atoms with van der Waals surface area (Å²) >= 11 is 0. The number of benzene rings is 1. The van der Waals surface area contributed by atoms with E-state index in [0.717, 1.165) is 12.8 Å². The van der Waals surface area contributed by atoms with Crippen molar-refractivity contribution >= 4 is 25.1 Å². The molecule has 2 unspecified atom stereocenters. The molecule has 1 saturated heterocycles. The minimum atomic E-state index is -4.34. The first-order valence-electron chi connectivity index (χ1n) is 14.1. The van der Waals surface area contributed by atoms with Gasteiger partial charge in [0.25, 0.3) is 0 Å². The molecule has 0 amide bonds. The number of hydrogen-bond donors (Lipinski definition) is 4. The number of aliphatic hydroxyl groups is 2. The third kappa shape index (κ3) is 5.60. The Morgan fingerprint density at radius 3 is 2.65 bits per heavy atom. The largest absolute Gasteiger partial charge is 0.464 e. The topological polar surface area (TPSA) is 204 Å². The van der Waals surface area contributed by atoms with Gasteiger partial charge in [-0.15, -0.1) is 0 Å². The lowest BCUT2D eigenvalue weighted by Crippen LogP contribution is -2.41. The number of rotatable bonds is 12. The number of anilines is 1. The first-order chi connectivity index (χ1) is 20.5. The van der Waals surface area contributed by atoms with Crippen LogP contribution in [0.25, 0.3) is 5.52 Å². The maximum absolute atomic E-state index is 14.1. The minimum absolute atomic E-state index is 0.0353. The van der Waals surface area contributed by atoms with Gasteiger partial charge in [-0.25, -0.2) is 14.1 Å². The van der Waals surface area contributed by atoms with Crippen LogP contribution in [0.5, 0.6) is 5.75 Å². The Labute approximate surface area is 248 Å².